The van der Waals surface area contributed by atoms with Crippen LogP contribution >= 0.6 is 0 Å². The minimum atomic E-state index is -0.451. The first-order chi connectivity index (χ1) is 9.47. The average molecular weight is 268 g/mol. The van der Waals surface area contributed by atoms with Crippen LogP contribution in [0.4, 0.5) is 0 Å². The van der Waals surface area contributed by atoms with E-state index in [1.165, 1.54) is 6.92 Å². The fraction of sp³-hybridized carbons (Fsp3) is 0.250. The summed E-state index contributed by atoms with van der Waals surface area (Å²) in [6, 6.07) is 9.74. The van der Waals surface area contributed by atoms with E-state index >= 15 is 0 Å². The molecule has 2 N–H and O–H groups in total. The summed E-state index contributed by atoms with van der Waals surface area (Å²) in [6.45, 7) is 5.12. The Morgan fingerprint density at radius 2 is 2.00 bits per heavy atom. The second-order valence-electron chi connectivity index (χ2n) is 4.81. The van der Waals surface area contributed by atoms with Crippen LogP contribution in [-0.4, -0.2) is 5.78 Å². The number of aryl methyl sites for hydroxylation is 1. The van der Waals surface area contributed by atoms with Gasteiger partial charge >= 0.3 is 0 Å². The topological polar surface area (TPSA) is 76.1 Å². The van der Waals surface area contributed by atoms with Crippen LogP contribution in [0.25, 0.3) is 0 Å². The van der Waals surface area contributed by atoms with Gasteiger partial charge in [0.25, 0.3) is 0 Å². The summed E-state index contributed by atoms with van der Waals surface area (Å²) >= 11 is 0. The van der Waals surface area contributed by atoms with Crippen molar-refractivity contribution in [1.29, 1.82) is 5.26 Å². The molecule has 0 saturated carbocycles. The lowest BCUT2D eigenvalue weighted by atomic mass is 9.80. The van der Waals surface area contributed by atoms with Crippen LogP contribution in [0.1, 0.15) is 30.9 Å². The molecule has 0 aliphatic carbocycles. The predicted molar refractivity (Wildman–Crippen MR) is 75.2 cm³/mol. The summed E-state index contributed by atoms with van der Waals surface area (Å²) in [7, 11) is 0. The number of allylic oxidation sites excluding steroid dienone is 3. The Morgan fingerprint density at radius 3 is 2.55 bits per heavy atom. The van der Waals surface area contributed by atoms with Gasteiger partial charge in [0.05, 0.1) is 5.92 Å². The molecule has 1 aliphatic rings. The number of ketones is 1. The fourth-order valence-corrected chi connectivity index (χ4v) is 2.56. The molecule has 2 rings (SSSR count). The molecule has 1 aromatic carbocycles. The maximum Gasteiger partial charge on any atom is 0.205 e. The molecule has 20 heavy (non-hydrogen) atoms. The number of hydrogen-bond donors (Lipinski definition) is 1. The van der Waals surface area contributed by atoms with Crippen LogP contribution in [-0.2, 0) is 9.53 Å². The van der Waals surface area contributed by atoms with Crippen LogP contribution in [0.2, 0.25) is 0 Å². The molecule has 0 fully saturated rings. The minimum absolute atomic E-state index is 0.0725. The average Bonchev–Trinajstić information content (AvgIpc) is 2.38. The molecular weight excluding hydrogens is 252 g/mol. The second kappa shape index (κ2) is 5.22. The van der Waals surface area contributed by atoms with Gasteiger partial charge in [-0.3, -0.25) is 4.79 Å². The third-order valence-electron chi connectivity index (χ3n) is 3.48. The minimum Gasteiger partial charge on any atom is -0.445 e. The van der Waals surface area contributed by atoms with E-state index in [4.69, 9.17) is 10.5 Å². The van der Waals surface area contributed by atoms with Gasteiger partial charge in [-0.05, 0) is 31.9 Å². The Labute approximate surface area is 118 Å². The lowest BCUT2D eigenvalue weighted by molar-refractivity contribution is -0.114. The Bertz CT molecular complexity index is 678. The smallest absolute Gasteiger partial charge is 0.205 e. The maximum absolute atomic E-state index is 12.0. The van der Waals surface area contributed by atoms with Crippen molar-refractivity contribution in [1.82, 2.24) is 0 Å². The first kappa shape index (κ1) is 13.9. The van der Waals surface area contributed by atoms with Crippen molar-refractivity contribution in [3.63, 3.8) is 0 Å². The molecule has 4 nitrogen and oxygen atoms in total. The number of hydrogen-bond acceptors (Lipinski definition) is 4. The molecule has 0 unspecified atom stereocenters. The van der Waals surface area contributed by atoms with E-state index in [1.807, 2.05) is 31.2 Å². The number of rotatable bonds is 2. The zero-order valence-corrected chi connectivity index (χ0v) is 11.7. The van der Waals surface area contributed by atoms with Gasteiger partial charge < -0.3 is 10.5 Å². The first-order valence-electron chi connectivity index (χ1n) is 6.32. The summed E-state index contributed by atoms with van der Waals surface area (Å²) in [5, 5.41) is 9.37. The predicted octanol–water partition coefficient (Wildman–Crippen LogP) is 2.67. The van der Waals surface area contributed by atoms with E-state index in [-0.39, 0.29) is 17.2 Å². The number of nitriles is 1. The number of benzene rings is 1. The summed E-state index contributed by atoms with van der Waals surface area (Å²) in [5.41, 5.74) is 8.50. The van der Waals surface area contributed by atoms with Crippen molar-refractivity contribution in [3.8, 4) is 6.07 Å². The summed E-state index contributed by atoms with van der Waals surface area (Å²) < 4.78 is 5.35. The van der Waals surface area contributed by atoms with Gasteiger partial charge in [-0.15, -0.1) is 0 Å². The number of Topliss-reactive ketones (excluding diaryl/α,β-unsaturated/α-hetero) is 1. The highest BCUT2D eigenvalue weighted by Crippen LogP contribution is 2.40. The molecule has 0 bridgehead atoms. The first-order valence-corrected chi connectivity index (χ1v) is 6.32. The summed E-state index contributed by atoms with van der Waals surface area (Å²) in [5.74, 6) is -0.0334. The molecule has 102 valence electrons. The van der Waals surface area contributed by atoms with Crippen molar-refractivity contribution >= 4 is 5.78 Å². The van der Waals surface area contributed by atoms with Crippen LogP contribution in [0.3, 0.4) is 0 Å². The molecule has 1 aliphatic heterocycles. The van der Waals surface area contributed by atoms with Crippen molar-refractivity contribution in [2.45, 2.75) is 26.7 Å². The van der Waals surface area contributed by atoms with Gasteiger partial charge in [0.1, 0.15) is 17.4 Å². The van der Waals surface area contributed by atoms with Gasteiger partial charge in [-0.1, -0.05) is 24.3 Å². The SMILES string of the molecule is CC(=O)C1=C(C)OC(N)=C(C#N)[C@H]1c1ccccc1C. The van der Waals surface area contributed by atoms with E-state index < -0.39 is 5.92 Å². The number of nitrogens with zero attached hydrogens (tertiary/aromatic N) is 1. The van der Waals surface area contributed by atoms with Gasteiger partial charge in [-0.2, -0.15) is 5.26 Å². The normalized spacial score (nSPS) is 18.6. The van der Waals surface area contributed by atoms with Crippen molar-refractivity contribution in [2.24, 2.45) is 5.73 Å². The highest BCUT2D eigenvalue weighted by molar-refractivity contribution is 5.96. The van der Waals surface area contributed by atoms with Gasteiger partial charge in [0.2, 0.25) is 5.88 Å². The lowest BCUT2D eigenvalue weighted by Crippen LogP contribution is -2.23. The number of carbonyl (C=O) groups excluding carboxylic acids is 1. The third kappa shape index (κ3) is 2.19. The van der Waals surface area contributed by atoms with E-state index in [0.29, 0.717) is 11.3 Å². The van der Waals surface area contributed by atoms with Crippen molar-refractivity contribution < 1.29 is 9.53 Å². The third-order valence-corrected chi connectivity index (χ3v) is 3.48. The second-order valence-corrected chi connectivity index (χ2v) is 4.81. The van der Waals surface area contributed by atoms with E-state index in [2.05, 4.69) is 6.07 Å². The van der Waals surface area contributed by atoms with E-state index in [9.17, 15) is 10.1 Å². The Balaban J connectivity index is 2.71. The molecule has 0 saturated heterocycles. The van der Waals surface area contributed by atoms with Crippen molar-refractivity contribution in [3.05, 3.63) is 58.2 Å². The van der Waals surface area contributed by atoms with Crippen LogP contribution in [0.15, 0.2) is 47.1 Å². The molecule has 0 radical (unpaired) electrons. The monoisotopic (exact) mass is 268 g/mol. The number of ether oxygens (including phenoxy) is 1. The Hall–Kier alpha value is -2.54. The van der Waals surface area contributed by atoms with E-state index in [0.717, 1.165) is 11.1 Å². The zero-order chi connectivity index (χ0) is 14.9. The quantitative estimate of drug-likeness (QED) is 0.894. The molecule has 1 heterocycles. The Morgan fingerprint density at radius 1 is 1.35 bits per heavy atom. The summed E-state index contributed by atoms with van der Waals surface area (Å²) in [6.07, 6.45) is 0. The molecule has 1 aromatic rings. The number of nitrogens with two attached hydrogens (primary N) is 1. The van der Waals surface area contributed by atoms with E-state index in [1.54, 1.807) is 6.92 Å². The largest absolute Gasteiger partial charge is 0.445 e. The van der Waals surface area contributed by atoms with Crippen LogP contribution in [0.5, 0.6) is 0 Å². The van der Waals surface area contributed by atoms with Gasteiger partial charge in [0, 0.05) is 5.57 Å². The molecule has 4 heteroatoms. The maximum atomic E-state index is 12.0. The van der Waals surface area contributed by atoms with Crippen LogP contribution < -0.4 is 5.73 Å². The number of carbonyl (C=O) groups is 1. The summed E-state index contributed by atoms with van der Waals surface area (Å²) in [4.78, 5) is 12.0. The molecule has 0 spiro atoms. The van der Waals surface area contributed by atoms with Crippen molar-refractivity contribution in [2.75, 3.05) is 0 Å². The fourth-order valence-electron chi connectivity index (χ4n) is 2.56. The molecule has 0 aromatic heterocycles. The molecular formula is C16H16N2O2. The highest BCUT2D eigenvalue weighted by atomic mass is 16.5. The Kier molecular flexibility index (Phi) is 3.62. The van der Waals surface area contributed by atoms with Crippen LogP contribution in [0, 0.1) is 18.3 Å². The zero-order valence-electron chi connectivity index (χ0n) is 11.7. The lowest BCUT2D eigenvalue weighted by Gasteiger charge is -2.27. The highest BCUT2D eigenvalue weighted by Gasteiger charge is 2.34. The molecule has 1 atom stereocenters. The molecule has 0 amide bonds. The standard InChI is InChI=1S/C16H16N2O2/c1-9-6-4-5-7-12(9)15-13(8-17)16(18)20-11(3)14(15)10(2)19/h4-7,15H,18H2,1-3H3/t15-/m1/s1. The van der Waals surface area contributed by atoms with Gasteiger partial charge in [0.15, 0.2) is 5.78 Å². The van der Waals surface area contributed by atoms with Gasteiger partial charge in [-0.25, -0.2) is 0 Å².